The lowest BCUT2D eigenvalue weighted by Gasteiger charge is -2.18. The van der Waals surface area contributed by atoms with Crippen LogP contribution in [0.4, 0.5) is 0 Å². The van der Waals surface area contributed by atoms with Crippen molar-refractivity contribution in [3.8, 4) is 0 Å². The van der Waals surface area contributed by atoms with Crippen LogP contribution < -0.4 is 5.32 Å². The van der Waals surface area contributed by atoms with Gasteiger partial charge in [-0.05, 0) is 31.0 Å². The molecule has 0 aromatic heterocycles. The van der Waals surface area contributed by atoms with Gasteiger partial charge in [0.2, 0.25) is 5.24 Å². The standard InChI is InChI=1S/C6H10ClNO.ClH/c7-6(9)5-3-1-2-4-8-5;/h5,8H,1-4H2;1H. The number of rotatable bonds is 1. The van der Waals surface area contributed by atoms with E-state index in [4.69, 9.17) is 11.6 Å². The molecule has 0 radical (unpaired) electrons. The van der Waals surface area contributed by atoms with Gasteiger partial charge in [-0.25, -0.2) is 0 Å². The maximum absolute atomic E-state index is 10.5. The van der Waals surface area contributed by atoms with Crippen LogP contribution in [0.25, 0.3) is 0 Å². The largest absolute Gasteiger partial charge is 0.306 e. The number of hydrogen-bond acceptors (Lipinski definition) is 2. The first-order valence-corrected chi connectivity index (χ1v) is 3.61. The fourth-order valence-corrected chi connectivity index (χ4v) is 1.23. The molecule has 1 aliphatic heterocycles. The molecule has 1 atom stereocenters. The van der Waals surface area contributed by atoms with Crippen LogP contribution in [0.15, 0.2) is 0 Å². The fraction of sp³-hybridized carbons (Fsp3) is 0.833. The Morgan fingerprint density at radius 2 is 2.20 bits per heavy atom. The van der Waals surface area contributed by atoms with Crippen molar-refractivity contribution in [2.75, 3.05) is 6.54 Å². The smallest absolute Gasteiger partial charge is 0.238 e. The Balaban J connectivity index is 0.000000810. The third-order valence-electron chi connectivity index (χ3n) is 1.58. The summed E-state index contributed by atoms with van der Waals surface area (Å²) in [6, 6.07) is -0.0691. The van der Waals surface area contributed by atoms with Crippen molar-refractivity contribution in [2.24, 2.45) is 0 Å². The van der Waals surface area contributed by atoms with Crippen molar-refractivity contribution in [1.82, 2.24) is 5.32 Å². The Kier molecular flexibility index (Phi) is 5.04. The SMILES string of the molecule is Cl.O=C(Cl)C1CCCCN1. The zero-order valence-electron chi connectivity index (χ0n) is 5.60. The predicted molar refractivity (Wildman–Crippen MR) is 43.7 cm³/mol. The van der Waals surface area contributed by atoms with E-state index in [9.17, 15) is 4.79 Å². The van der Waals surface area contributed by atoms with Gasteiger partial charge in [-0.15, -0.1) is 12.4 Å². The summed E-state index contributed by atoms with van der Waals surface area (Å²) >= 11 is 5.26. The molecule has 0 spiro atoms. The Hall–Kier alpha value is 0.210. The molecule has 0 aromatic carbocycles. The van der Waals surface area contributed by atoms with Crippen molar-refractivity contribution in [2.45, 2.75) is 25.3 Å². The molecular formula is C6H11Cl2NO. The Morgan fingerprint density at radius 1 is 1.50 bits per heavy atom. The minimum atomic E-state index is -0.241. The van der Waals surface area contributed by atoms with Gasteiger partial charge in [-0.1, -0.05) is 6.42 Å². The van der Waals surface area contributed by atoms with Gasteiger partial charge >= 0.3 is 0 Å². The summed E-state index contributed by atoms with van der Waals surface area (Å²) in [6.45, 7) is 0.934. The number of carbonyl (C=O) groups is 1. The van der Waals surface area contributed by atoms with E-state index >= 15 is 0 Å². The van der Waals surface area contributed by atoms with Crippen LogP contribution in [0.1, 0.15) is 19.3 Å². The van der Waals surface area contributed by atoms with Crippen molar-refractivity contribution >= 4 is 29.3 Å². The van der Waals surface area contributed by atoms with E-state index in [-0.39, 0.29) is 23.7 Å². The second kappa shape index (κ2) is 4.94. The predicted octanol–water partition coefficient (Wildman–Crippen LogP) is 1.32. The molecule has 1 aliphatic rings. The first-order valence-electron chi connectivity index (χ1n) is 3.23. The number of hydrogen-bond donors (Lipinski definition) is 1. The van der Waals surface area contributed by atoms with E-state index in [2.05, 4.69) is 5.32 Å². The molecule has 0 bridgehead atoms. The quantitative estimate of drug-likeness (QED) is 0.622. The van der Waals surface area contributed by atoms with E-state index in [1.165, 1.54) is 6.42 Å². The summed E-state index contributed by atoms with van der Waals surface area (Å²) in [5.41, 5.74) is 0. The van der Waals surface area contributed by atoms with Crippen LogP contribution in [0, 0.1) is 0 Å². The average Bonchev–Trinajstić information content (AvgIpc) is 1.90. The molecular weight excluding hydrogens is 173 g/mol. The molecule has 1 fully saturated rings. The maximum atomic E-state index is 10.5. The van der Waals surface area contributed by atoms with Crippen molar-refractivity contribution in [1.29, 1.82) is 0 Å². The fourth-order valence-electron chi connectivity index (χ4n) is 1.05. The van der Waals surface area contributed by atoms with E-state index in [0.717, 1.165) is 19.4 Å². The molecule has 0 saturated carbocycles. The van der Waals surface area contributed by atoms with Crippen molar-refractivity contribution < 1.29 is 4.79 Å². The molecule has 1 N–H and O–H groups in total. The minimum absolute atomic E-state index is 0. The molecule has 0 aliphatic carbocycles. The number of carbonyl (C=O) groups excluding carboxylic acids is 1. The highest BCUT2D eigenvalue weighted by Crippen LogP contribution is 2.08. The summed E-state index contributed by atoms with van der Waals surface area (Å²) in [6.07, 6.45) is 3.19. The lowest BCUT2D eigenvalue weighted by Crippen LogP contribution is -2.38. The minimum Gasteiger partial charge on any atom is -0.306 e. The average molecular weight is 184 g/mol. The topological polar surface area (TPSA) is 29.1 Å². The van der Waals surface area contributed by atoms with E-state index in [1.54, 1.807) is 0 Å². The van der Waals surface area contributed by atoms with Gasteiger partial charge < -0.3 is 5.32 Å². The van der Waals surface area contributed by atoms with Gasteiger partial charge in [0.1, 0.15) is 0 Å². The second-order valence-electron chi connectivity index (χ2n) is 2.31. The van der Waals surface area contributed by atoms with Crippen molar-refractivity contribution in [3.05, 3.63) is 0 Å². The van der Waals surface area contributed by atoms with Crippen LogP contribution in [0.5, 0.6) is 0 Å². The summed E-state index contributed by atoms with van der Waals surface area (Å²) in [4.78, 5) is 10.5. The van der Waals surface area contributed by atoms with Gasteiger partial charge in [0, 0.05) is 0 Å². The summed E-state index contributed by atoms with van der Waals surface area (Å²) in [5.74, 6) is 0. The lowest BCUT2D eigenvalue weighted by atomic mass is 10.1. The molecule has 1 rings (SSSR count). The van der Waals surface area contributed by atoms with Gasteiger partial charge in [0.15, 0.2) is 0 Å². The van der Waals surface area contributed by atoms with Crippen LogP contribution in [0.3, 0.4) is 0 Å². The van der Waals surface area contributed by atoms with Gasteiger partial charge in [-0.3, -0.25) is 4.79 Å². The van der Waals surface area contributed by atoms with Crippen LogP contribution in [0.2, 0.25) is 0 Å². The maximum Gasteiger partial charge on any atom is 0.238 e. The number of piperidine rings is 1. The summed E-state index contributed by atoms with van der Waals surface area (Å²) < 4.78 is 0. The highest BCUT2D eigenvalue weighted by Gasteiger charge is 2.17. The Morgan fingerprint density at radius 3 is 2.50 bits per heavy atom. The van der Waals surface area contributed by atoms with E-state index in [1.807, 2.05) is 0 Å². The summed E-state index contributed by atoms with van der Waals surface area (Å²) in [5, 5.41) is 2.80. The van der Waals surface area contributed by atoms with Crippen molar-refractivity contribution in [3.63, 3.8) is 0 Å². The van der Waals surface area contributed by atoms with E-state index in [0.29, 0.717) is 0 Å². The third kappa shape index (κ3) is 2.86. The Labute approximate surface area is 71.7 Å². The Bertz CT molecular complexity index is 112. The molecule has 1 heterocycles. The molecule has 60 valence electrons. The monoisotopic (exact) mass is 183 g/mol. The highest BCUT2D eigenvalue weighted by molar-refractivity contribution is 6.64. The number of halogens is 2. The molecule has 1 saturated heterocycles. The zero-order valence-corrected chi connectivity index (χ0v) is 7.17. The molecule has 0 amide bonds. The van der Waals surface area contributed by atoms with Crippen LogP contribution in [-0.2, 0) is 4.79 Å². The molecule has 10 heavy (non-hydrogen) atoms. The van der Waals surface area contributed by atoms with Gasteiger partial charge in [-0.2, -0.15) is 0 Å². The molecule has 0 aromatic rings. The van der Waals surface area contributed by atoms with Gasteiger partial charge in [0.05, 0.1) is 6.04 Å². The molecule has 2 nitrogen and oxygen atoms in total. The lowest BCUT2D eigenvalue weighted by molar-refractivity contribution is -0.113. The number of nitrogens with one attached hydrogen (secondary N) is 1. The van der Waals surface area contributed by atoms with Crippen LogP contribution >= 0.6 is 24.0 Å². The first kappa shape index (κ1) is 10.2. The second-order valence-corrected chi connectivity index (χ2v) is 2.68. The van der Waals surface area contributed by atoms with Crippen LogP contribution in [-0.4, -0.2) is 17.8 Å². The summed E-state index contributed by atoms with van der Waals surface area (Å²) in [7, 11) is 0. The first-order chi connectivity index (χ1) is 4.30. The van der Waals surface area contributed by atoms with Gasteiger partial charge in [0.25, 0.3) is 0 Å². The highest BCUT2D eigenvalue weighted by atomic mass is 35.5. The molecule has 4 heteroatoms. The molecule has 1 unspecified atom stereocenters. The normalized spacial score (nSPS) is 25.1. The van der Waals surface area contributed by atoms with E-state index < -0.39 is 0 Å². The third-order valence-corrected chi connectivity index (χ3v) is 1.85. The zero-order chi connectivity index (χ0) is 6.69.